The van der Waals surface area contributed by atoms with Gasteiger partial charge in [-0.1, -0.05) is 44.8 Å². The summed E-state index contributed by atoms with van der Waals surface area (Å²) in [5.74, 6) is -0.371. The first-order chi connectivity index (χ1) is 16.5. The van der Waals surface area contributed by atoms with Crippen LogP contribution in [0.3, 0.4) is 0 Å². The van der Waals surface area contributed by atoms with E-state index in [0.717, 1.165) is 21.2 Å². The van der Waals surface area contributed by atoms with Crippen LogP contribution in [0.1, 0.15) is 20.7 Å². The topological polar surface area (TPSA) is 58.2 Å². The van der Waals surface area contributed by atoms with E-state index in [1.54, 1.807) is 70.1 Å². The summed E-state index contributed by atoms with van der Waals surface area (Å²) in [5, 5.41) is 6.93. The van der Waals surface area contributed by atoms with Gasteiger partial charge in [0.25, 0.3) is 11.8 Å². The van der Waals surface area contributed by atoms with E-state index >= 15 is 0 Å². The second-order valence-electron chi connectivity index (χ2n) is 7.14. The Kier molecular flexibility index (Phi) is 8.19. The minimum Gasteiger partial charge on any atom is -0.322 e. The lowest BCUT2D eigenvalue weighted by atomic mass is 10.2. The molecule has 0 spiro atoms. The average Bonchev–Trinajstić information content (AvgIpc) is 2.85. The molecule has 0 aliphatic heterocycles. The van der Waals surface area contributed by atoms with E-state index in [-0.39, 0.29) is 11.8 Å². The number of carbonyl (C=O) groups excluding carboxylic acids is 2. The van der Waals surface area contributed by atoms with Crippen LogP contribution in [0.25, 0.3) is 0 Å². The summed E-state index contributed by atoms with van der Waals surface area (Å²) in [4.78, 5) is 26.7. The fourth-order valence-corrected chi connectivity index (χ4v) is 5.08. The van der Waals surface area contributed by atoms with Crippen LogP contribution in [-0.2, 0) is 0 Å². The first kappa shape index (κ1) is 24.2. The van der Waals surface area contributed by atoms with E-state index in [9.17, 15) is 9.59 Å². The summed E-state index contributed by atoms with van der Waals surface area (Å²) in [5.41, 5.74) is 2.53. The second-order valence-corrected chi connectivity index (χ2v) is 10.3. The van der Waals surface area contributed by atoms with Gasteiger partial charge in [0, 0.05) is 42.3 Å². The summed E-state index contributed by atoms with van der Waals surface area (Å²) >= 11 is 11.7. The third-order valence-electron chi connectivity index (χ3n) is 4.67. The van der Waals surface area contributed by atoms with Gasteiger partial charge in [-0.05, 0) is 97.1 Å². The molecule has 0 aliphatic rings. The second kappa shape index (κ2) is 11.5. The highest BCUT2D eigenvalue weighted by Gasteiger charge is 2.08. The SMILES string of the molecule is O=C(Nc1ccc(SSc2ccc(NC(=O)c3ccc(Cl)cc3)cc2)cc1)c1ccc(Cl)cc1. The van der Waals surface area contributed by atoms with Crippen LogP contribution in [-0.4, -0.2) is 11.8 Å². The molecule has 0 bridgehead atoms. The monoisotopic (exact) mass is 524 g/mol. The number of rotatable bonds is 7. The highest BCUT2D eigenvalue weighted by Crippen LogP contribution is 2.38. The number of hydrogen-bond acceptors (Lipinski definition) is 4. The third-order valence-corrected chi connectivity index (χ3v) is 7.59. The zero-order chi connectivity index (χ0) is 23.9. The highest BCUT2D eigenvalue weighted by molar-refractivity contribution is 8.76. The van der Waals surface area contributed by atoms with Gasteiger partial charge in [0.1, 0.15) is 0 Å². The molecule has 0 saturated heterocycles. The van der Waals surface area contributed by atoms with Crippen LogP contribution in [0.2, 0.25) is 10.0 Å². The standard InChI is InChI=1S/C26H18Cl2N2O2S2/c27-19-5-1-17(2-6-19)25(31)29-21-9-13-23(14-10-21)33-34-24-15-11-22(12-16-24)30-26(32)18-3-7-20(28)8-4-18/h1-16H,(H,29,31)(H,30,32). The molecule has 0 atom stereocenters. The molecular weight excluding hydrogens is 507 g/mol. The van der Waals surface area contributed by atoms with Gasteiger partial charge in [-0.15, -0.1) is 0 Å². The number of benzene rings is 4. The molecule has 2 N–H and O–H groups in total. The molecule has 170 valence electrons. The van der Waals surface area contributed by atoms with Crippen molar-refractivity contribution in [1.29, 1.82) is 0 Å². The predicted octanol–water partition coefficient (Wildman–Crippen LogP) is 8.30. The minimum absolute atomic E-state index is 0.185. The van der Waals surface area contributed by atoms with Gasteiger partial charge in [-0.2, -0.15) is 0 Å². The summed E-state index contributed by atoms with van der Waals surface area (Å²) in [6.07, 6.45) is 0. The van der Waals surface area contributed by atoms with Gasteiger partial charge >= 0.3 is 0 Å². The number of hydrogen-bond donors (Lipinski definition) is 2. The van der Waals surface area contributed by atoms with Crippen LogP contribution in [0.5, 0.6) is 0 Å². The number of anilines is 2. The average molecular weight is 525 g/mol. The van der Waals surface area contributed by atoms with E-state index in [4.69, 9.17) is 23.2 Å². The Morgan fingerprint density at radius 1 is 0.500 bits per heavy atom. The number of nitrogens with one attached hydrogen (secondary N) is 2. The normalized spacial score (nSPS) is 10.5. The molecule has 4 rings (SSSR count). The summed E-state index contributed by atoms with van der Waals surface area (Å²) < 4.78 is 0. The van der Waals surface area contributed by atoms with Crippen molar-refractivity contribution in [1.82, 2.24) is 0 Å². The lowest BCUT2D eigenvalue weighted by molar-refractivity contribution is 0.101. The molecule has 4 aromatic carbocycles. The summed E-state index contributed by atoms with van der Waals surface area (Å²) in [7, 11) is 3.21. The molecule has 0 unspecified atom stereocenters. The van der Waals surface area contributed by atoms with Crippen molar-refractivity contribution in [3.63, 3.8) is 0 Å². The van der Waals surface area contributed by atoms with Crippen molar-refractivity contribution >= 4 is 68.0 Å². The van der Waals surface area contributed by atoms with Crippen molar-refractivity contribution < 1.29 is 9.59 Å². The smallest absolute Gasteiger partial charge is 0.255 e. The van der Waals surface area contributed by atoms with Crippen LogP contribution >= 0.6 is 44.8 Å². The third kappa shape index (κ3) is 6.81. The van der Waals surface area contributed by atoms with Crippen molar-refractivity contribution in [2.45, 2.75) is 9.79 Å². The molecule has 2 amide bonds. The maximum Gasteiger partial charge on any atom is 0.255 e. The molecule has 0 heterocycles. The molecule has 0 radical (unpaired) electrons. The van der Waals surface area contributed by atoms with Crippen LogP contribution < -0.4 is 10.6 Å². The lowest BCUT2D eigenvalue weighted by Crippen LogP contribution is -2.11. The van der Waals surface area contributed by atoms with Crippen molar-refractivity contribution in [2.75, 3.05) is 10.6 Å². The molecule has 0 saturated carbocycles. The largest absolute Gasteiger partial charge is 0.322 e. The van der Waals surface area contributed by atoms with Crippen LogP contribution in [0.15, 0.2) is 107 Å². The van der Waals surface area contributed by atoms with Crippen molar-refractivity contribution in [3.8, 4) is 0 Å². The zero-order valence-electron chi connectivity index (χ0n) is 17.6. The number of carbonyl (C=O) groups is 2. The van der Waals surface area contributed by atoms with E-state index in [0.29, 0.717) is 21.2 Å². The molecule has 0 fully saturated rings. The van der Waals surface area contributed by atoms with Gasteiger partial charge in [0.2, 0.25) is 0 Å². The van der Waals surface area contributed by atoms with Crippen molar-refractivity contribution in [3.05, 3.63) is 118 Å². The Morgan fingerprint density at radius 2 is 0.824 bits per heavy atom. The molecule has 4 aromatic rings. The number of halogens is 2. The van der Waals surface area contributed by atoms with Crippen LogP contribution in [0.4, 0.5) is 11.4 Å². The number of amides is 2. The minimum atomic E-state index is -0.185. The van der Waals surface area contributed by atoms with E-state index in [2.05, 4.69) is 10.6 Å². The summed E-state index contributed by atoms with van der Waals surface area (Å²) in [6, 6.07) is 28.8. The van der Waals surface area contributed by atoms with E-state index in [1.165, 1.54) is 0 Å². The highest BCUT2D eigenvalue weighted by atomic mass is 35.5. The molecule has 34 heavy (non-hydrogen) atoms. The molecule has 4 nitrogen and oxygen atoms in total. The maximum atomic E-state index is 12.3. The Bertz CT molecular complexity index is 1180. The quantitative estimate of drug-likeness (QED) is 0.238. The first-order valence-electron chi connectivity index (χ1n) is 10.1. The Labute approximate surface area is 215 Å². The van der Waals surface area contributed by atoms with E-state index < -0.39 is 0 Å². The fraction of sp³-hybridized carbons (Fsp3) is 0. The van der Waals surface area contributed by atoms with Gasteiger partial charge in [0.05, 0.1) is 0 Å². The lowest BCUT2D eigenvalue weighted by Gasteiger charge is -2.08. The first-order valence-corrected chi connectivity index (χ1v) is 13.1. The molecule has 0 aromatic heterocycles. The molecule has 8 heteroatoms. The van der Waals surface area contributed by atoms with Gasteiger partial charge < -0.3 is 10.6 Å². The Hall–Kier alpha value is -2.90. The van der Waals surface area contributed by atoms with E-state index in [1.807, 2.05) is 48.5 Å². The maximum absolute atomic E-state index is 12.3. The van der Waals surface area contributed by atoms with Crippen molar-refractivity contribution in [2.24, 2.45) is 0 Å². The predicted molar refractivity (Wildman–Crippen MR) is 143 cm³/mol. The zero-order valence-corrected chi connectivity index (χ0v) is 20.8. The summed E-state index contributed by atoms with van der Waals surface area (Å²) in [6.45, 7) is 0. The fourth-order valence-electron chi connectivity index (χ4n) is 2.89. The van der Waals surface area contributed by atoms with Gasteiger partial charge in [-0.3, -0.25) is 9.59 Å². The van der Waals surface area contributed by atoms with Crippen LogP contribution in [0, 0.1) is 0 Å². The molecular formula is C26H18Cl2N2O2S2. The van der Waals surface area contributed by atoms with Gasteiger partial charge in [0.15, 0.2) is 0 Å². The Balaban J connectivity index is 1.27. The molecule has 0 aliphatic carbocycles. The van der Waals surface area contributed by atoms with Gasteiger partial charge in [-0.25, -0.2) is 0 Å². The Morgan fingerprint density at radius 3 is 1.15 bits per heavy atom.